The molecule has 0 fully saturated rings. The molecule has 1 aromatic heterocycles. The van der Waals surface area contributed by atoms with Crippen LogP contribution in [0.2, 0.25) is 0 Å². The van der Waals surface area contributed by atoms with Gasteiger partial charge in [0.2, 0.25) is 0 Å². The number of thioether (sulfide) groups is 1. The molecule has 0 aliphatic rings. The summed E-state index contributed by atoms with van der Waals surface area (Å²) in [6, 6.07) is 19.1. The van der Waals surface area contributed by atoms with Crippen LogP contribution in [0, 0.1) is 11.3 Å². The average Bonchev–Trinajstić information content (AvgIpc) is 3.08. The van der Waals surface area contributed by atoms with Crippen molar-refractivity contribution < 1.29 is 10.2 Å². The maximum atomic E-state index is 10.5. The molecular formula is C20H19N3O2S. The molecule has 6 heteroatoms. The lowest BCUT2D eigenvalue weighted by Gasteiger charge is -2.16. The number of nitriles is 1. The van der Waals surface area contributed by atoms with Crippen molar-refractivity contribution in [3.05, 3.63) is 83.2 Å². The van der Waals surface area contributed by atoms with Gasteiger partial charge >= 0.3 is 0 Å². The molecule has 3 rings (SSSR count). The van der Waals surface area contributed by atoms with Gasteiger partial charge in [0.25, 0.3) is 0 Å². The van der Waals surface area contributed by atoms with E-state index in [-0.39, 0.29) is 6.61 Å². The van der Waals surface area contributed by atoms with Crippen molar-refractivity contribution in [1.29, 1.82) is 5.26 Å². The highest BCUT2D eigenvalue weighted by Crippen LogP contribution is 2.26. The zero-order chi connectivity index (χ0) is 18.4. The van der Waals surface area contributed by atoms with Crippen molar-refractivity contribution in [2.24, 2.45) is 0 Å². The number of aromatic nitrogens is 2. The van der Waals surface area contributed by atoms with Crippen LogP contribution in [0.15, 0.2) is 66.0 Å². The highest BCUT2D eigenvalue weighted by molar-refractivity contribution is 7.98. The number of aliphatic hydroxyl groups is 2. The lowest BCUT2D eigenvalue weighted by atomic mass is 10.1. The number of rotatable bonds is 7. The summed E-state index contributed by atoms with van der Waals surface area (Å²) in [7, 11) is 0. The average molecular weight is 365 g/mol. The first kappa shape index (κ1) is 18.2. The van der Waals surface area contributed by atoms with Crippen LogP contribution in [0.3, 0.4) is 0 Å². The smallest absolute Gasteiger partial charge is 0.168 e. The Balaban J connectivity index is 1.78. The first-order valence-corrected chi connectivity index (χ1v) is 9.20. The molecule has 0 radical (unpaired) electrons. The summed E-state index contributed by atoms with van der Waals surface area (Å²) in [5.74, 6) is 0.590. The molecule has 0 amide bonds. The lowest BCUT2D eigenvalue weighted by molar-refractivity contribution is 0.148. The van der Waals surface area contributed by atoms with Crippen LogP contribution < -0.4 is 0 Å². The van der Waals surface area contributed by atoms with E-state index in [9.17, 15) is 15.5 Å². The standard InChI is InChI=1S/C20H19N3O2S/c21-10-16-8-4-5-9-17(16)14-26-20-22-11-18(13-24)23(20)12-19(25)15-6-2-1-3-7-15/h1-9,11,19,24-25H,12-14H2. The molecule has 5 nitrogen and oxygen atoms in total. The third-order valence-corrected chi connectivity index (χ3v) is 5.14. The van der Waals surface area contributed by atoms with E-state index in [2.05, 4.69) is 11.1 Å². The minimum Gasteiger partial charge on any atom is -0.390 e. The normalized spacial score (nSPS) is 11.9. The zero-order valence-corrected chi connectivity index (χ0v) is 14.9. The van der Waals surface area contributed by atoms with Gasteiger partial charge in [0.15, 0.2) is 5.16 Å². The Morgan fingerprint density at radius 2 is 1.85 bits per heavy atom. The van der Waals surface area contributed by atoms with Crippen LogP contribution in [-0.2, 0) is 18.9 Å². The fraction of sp³-hybridized carbons (Fsp3) is 0.200. The predicted octanol–water partition coefficient (Wildman–Crippen LogP) is 3.27. The Morgan fingerprint density at radius 1 is 1.12 bits per heavy atom. The molecule has 0 spiro atoms. The van der Waals surface area contributed by atoms with Crippen LogP contribution in [0.1, 0.15) is 28.5 Å². The van der Waals surface area contributed by atoms with Gasteiger partial charge in [-0.1, -0.05) is 60.3 Å². The largest absolute Gasteiger partial charge is 0.390 e. The van der Waals surface area contributed by atoms with Gasteiger partial charge in [0.05, 0.1) is 42.8 Å². The summed E-state index contributed by atoms with van der Waals surface area (Å²) >= 11 is 1.48. The minimum absolute atomic E-state index is 0.149. The van der Waals surface area contributed by atoms with Crippen LogP contribution in [0.25, 0.3) is 0 Å². The summed E-state index contributed by atoms with van der Waals surface area (Å²) < 4.78 is 1.83. The molecule has 2 N–H and O–H groups in total. The van der Waals surface area contributed by atoms with Gasteiger partial charge in [0.1, 0.15) is 0 Å². The quantitative estimate of drug-likeness (QED) is 0.628. The lowest BCUT2D eigenvalue weighted by Crippen LogP contribution is -2.12. The number of benzene rings is 2. The second-order valence-corrected chi connectivity index (χ2v) is 6.73. The summed E-state index contributed by atoms with van der Waals surface area (Å²) in [6.45, 7) is 0.159. The highest BCUT2D eigenvalue weighted by Gasteiger charge is 2.16. The zero-order valence-electron chi connectivity index (χ0n) is 14.1. The molecule has 1 heterocycles. The van der Waals surface area contributed by atoms with E-state index in [0.29, 0.717) is 28.7 Å². The second-order valence-electron chi connectivity index (χ2n) is 5.78. The topological polar surface area (TPSA) is 82.1 Å². The van der Waals surface area contributed by atoms with Crippen molar-refractivity contribution >= 4 is 11.8 Å². The van der Waals surface area contributed by atoms with E-state index in [1.165, 1.54) is 11.8 Å². The SMILES string of the molecule is N#Cc1ccccc1CSc1ncc(CO)n1CC(O)c1ccccc1. The van der Waals surface area contributed by atoms with Crippen molar-refractivity contribution in [3.63, 3.8) is 0 Å². The number of hydrogen-bond acceptors (Lipinski definition) is 5. The molecule has 0 aliphatic carbocycles. The Morgan fingerprint density at radius 3 is 2.58 bits per heavy atom. The van der Waals surface area contributed by atoms with Gasteiger partial charge in [-0.2, -0.15) is 5.26 Å². The van der Waals surface area contributed by atoms with E-state index in [1.807, 2.05) is 53.1 Å². The van der Waals surface area contributed by atoms with Gasteiger partial charge in [-0.15, -0.1) is 0 Å². The number of imidazole rings is 1. The summed E-state index contributed by atoms with van der Waals surface area (Å²) in [5.41, 5.74) is 3.04. The molecule has 0 saturated heterocycles. The molecule has 1 atom stereocenters. The summed E-state index contributed by atoms with van der Waals surface area (Å²) in [4.78, 5) is 4.38. The molecule has 2 aromatic carbocycles. The molecule has 3 aromatic rings. The fourth-order valence-electron chi connectivity index (χ4n) is 2.68. The third kappa shape index (κ3) is 4.14. The molecule has 132 valence electrons. The summed E-state index contributed by atoms with van der Waals surface area (Å²) in [5, 5.41) is 30.0. The second kappa shape index (κ2) is 8.68. The van der Waals surface area contributed by atoms with E-state index in [4.69, 9.17) is 0 Å². The Labute approximate surface area is 156 Å². The fourth-order valence-corrected chi connectivity index (χ4v) is 3.69. The van der Waals surface area contributed by atoms with Crippen molar-refractivity contribution in [2.75, 3.05) is 0 Å². The Bertz CT molecular complexity index is 903. The maximum Gasteiger partial charge on any atom is 0.168 e. The number of nitrogens with zero attached hydrogens (tertiary/aromatic N) is 3. The molecule has 0 aliphatic heterocycles. The van der Waals surface area contributed by atoms with Crippen LogP contribution in [-0.4, -0.2) is 19.8 Å². The molecule has 0 bridgehead atoms. The van der Waals surface area contributed by atoms with Crippen molar-refractivity contribution in [3.8, 4) is 6.07 Å². The molecular weight excluding hydrogens is 346 g/mol. The number of aliphatic hydroxyl groups excluding tert-OH is 2. The highest BCUT2D eigenvalue weighted by atomic mass is 32.2. The Hall–Kier alpha value is -2.59. The van der Waals surface area contributed by atoms with Crippen LogP contribution >= 0.6 is 11.8 Å². The third-order valence-electron chi connectivity index (χ3n) is 4.10. The van der Waals surface area contributed by atoms with Gasteiger partial charge in [0, 0.05) is 5.75 Å². The van der Waals surface area contributed by atoms with Gasteiger partial charge in [-0.25, -0.2) is 4.98 Å². The minimum atomic E-state index is -0.693. The van der Waals surface area contributed by atoms with Gasteiger partial charge < -0.3 is 14.8 Å². The van der Waals surface area contributed by atoms with E-state index in [1.54, 1.807) is 12.3 Å². The van der Waals surface area contributed by atoms with Gasteiger partial charge in [-0.3, -0.25) is 0 Å². The van der Waals surface area contributed by atoms with Crippen LogP contribution in [0.5, 0.6) is 0 Å². The van der Waals surface area contributed by atoms with Crippen molar-refractivity contribution in [1.82, 2.24) is 9.55 Å². The first-order chi connectivity index (χ1) is 12.7. The van der Waals surface area contributed by atoms with E-state index in [0.717, 1.165) is 11.1 Å². The molecule has 26 heavy (non-hydrogen) atoms. The first-order valence-electron chi connectivity index (χ1n) is 8.22. The van der Waals surface area contributed by atoms with Crippen molar-refractivity contribution in [2.45, 2.75) is 30.2 Å². The monoisotopic (exact) mass is 365 g/mol. The van der Waals surface area contributed by atoms with E-state index >= 15 is 0 Å². The molecule has 0 saturated carbocycles. The summed E-state index contributed by atoms with van der Waals surface area (Å²) in [6.07, 6.45) is 0.928. The van der Waals surface area contributed by atoms with E-state index < -0.39 is 6.10 Å². The van der Waals surface area contributed by atoms with Gasteiger partial charge in [-0.05, 0) is 17.2 Å². The predicted molar refractivity (Wildman–Crippen MR) is 100 cm³/mol. The number of hydrogen-bond donors (Lipinski definition) is 2. The Kier molecular flexibility index (Phi) is 6.08. The molecule has 1 unspecified atom stereocenters. The maximum absolute atomic E-state index is 10.5. The van der Waals surface area contributed by atoms with Crippen LogP contribution in [0.4, 0.5) is 0 Å².